The van der Waals surface area contributed by atoms with Gasteiger partial charge in [-0.1, -0.05) is 19.1 Å². The number of rotatable bonds is 5. The molecular formula is C14H16FN3O. The van der Waals surface area contributed by atoms with Crippen molar-refractivity contribution in [3.8, 4) is 0 Å². The van der Waals surface area contributed by atoms with Crippen molar-refractivity contribution in [3.63, 3.8) is 0 Å². The summed E-state index contributed by atoms with van der Waals surface area (Å²) >= 11 is 0. The minimum absolute atomic E-state index is 0.157. The number of carbonyl (C=O) groups is 1. The Labute approximate surface area is 111 Å². The average molecular weight is 261 g/mol. The second-order valence-corrected chi connectivity index (χ2v) is 4.30. The highest BCUT2D eigenvalue weighted by Crippen LogP contribution is 2.08. The smallest absolute Gasteiger partial charge is 0.231 e. The number of benzene rings is 1. The summed E-state index contributed by atoms with van der Waals surface area (Å²) in [5, 5.41) is 2.76. The Morgan fingerprint density at radius 1 is 1.37 bits per heavy atom. The van der Waals surface area contributed by atoms with Gasteiger partial charge in [0.15, 0.2) is 0 Å². The summed E-state index contributed by atoms with van der Waals surface area (Å²) in [6.45, 7) is 2.87. The van der Waals surface area contributed by atoms with Crippen molar-refractivity contribution < 1.29 is 9.18 Å². The maximum Gasteiger partial charge on any atom is 0.231 e. The quantitative estimate of drug-likeness (QED) is 0.899. The summed E-state index contributed by atoms with van der Waals surface area (Å²) in [4.78, 5) is 16.0. The Balaban J connectivity index is 1.97. The van der Waals surface area contributed by atoms with E-state index in [1.54, 1.807) is 18.3 Å². The fraction of sp³-hybridized carbons (Fsp3) is 0.286. The molecule has 1 heterocycles. The number of carbonyl (C=O) groups excluding carboxylic acids is 1. The minimum Gasteiger partial charge on any atom is -0.317 e. The lowest BCUT2D eigenvalue weighted by Crippen LogP contribution is -2.17. The van der Waals surface area contributed by atoms with E-state index >= 15 is 0 Å². The predicted molar refractivity (Wildman–Crippen MR) is 71.3 cm³/mol. The molecule has 100 valence electrons. The van der Waals surface area contributed by atoms with Gasteiger partial charge in [0.25, 0.3) is 0 Å². The van der Waals surface area contributed by atoms with Gasteiger partial charge in [0.2, 0.25) is 11.9 Å². The molecule has 19 heavy (non-hydrogen) atoms. The van der Waals surface area contributed by atoms with E-state index in [1.807, 2.05) is 10.8 Å². The molecule has 0 unspecified atom stereocenters. The summed E-state index contributed by atoms with van der Waals surface area (Å²) in [7, 11) is 0. The van der Waals surface area contributed by atoms with Crippen LogP contribution in [0.3, 0.4) is 0 Å². The summed E-state index contributed by atoms with van der Waals surface area (Å²) in [5.74, 6) is 0.0896. The van der Waals surface area contributed by atoms with Crippen molar-refractivity contribution in [3.05, 3.63) is 48.0 Å². The van der Waals surface area contributed by atoms with Crippen molar-refractivity contribution >= 4 is 11.9 Å². The van der Waals surface area contributed by atoms with Crippen LogP contribution in [-0.2, 0) is 17.8 Å². The number of amides is 1. The van der Waals surface area contributed by atoms with E-state index in [9.17, 15) is 9.18 Å². The number of aromatic nitrogens is 2. The maximum absolute atomic E-state index is 12.8. The topological polar surface area (TPSA) is 46.9 Å². The predicted octanol–water partition coefficient (Wildman–Crippen LogP) is 2.61. The van der Waals surface area contributed by atoms with Crippen LogP contribution in [0.15, 0.2) is 36.7 Å². The van der Waals surface area contributed by atoms with Gasteiger partial charge in [-0.05, 0) is 24.1 Å². The van der Waals surface area contributed by atoms with Crippen molar-refractivity contribution in [1.29, 1.82) is 0 Å². The summed E-state index contributed by atoms with van der Waals surface area (Å²) in [6, 6.07) is 5.90. The molecule has 1 aromatic heterocycles. The third-order valence-electron chi connectivity index (χ3n) is 2.71. The molecule has 1 aromatic carbocycles. The first-order chi connectivity index (χ1) is 9.19. The van der Waals surface area contributed by atoms with E-state index in [2.05, 4.69) is 17.2 Å². The molecule has 0 bridgehead atoms. The van der Waals surface area contributed by atoms with Crippen LogP contribution in [0.1, 0.15) is 18.9 Å². The third kappa shape index (κ3) is 3.64. The molecule has 0 spiro atoms. The highest BCUT2D eigenvalue weighted by Gasteiger charge is 2.08. The molecule has 0 aliphatic heterocycles. The Morgan fingerprint density at radius 3 is 2.79 bits per heavy atom. The normalized spacial score (nSPS) is 10.4. The Hall–Kier alpha value is -2.17. The van der Waals surface area contributed by atoms with Gasteiger partial charge >= 0.3 is 0 Å². The van der Waals surface area contributed by atoms with Gasteiger partial charge in [0.05, 0.1) is 6.42 Å². The van der Waals surface area contributed by atoms with Crippen LogP contribution in [0.2, 0.25) is 0 Å². The lowest BCUT2D eigenvalue weighted by Gasteiger charge is -2.07. The van der Waals surface area contributed by atoms with Crippen LogP contribution in [0.4, 0.5) is 10.3 Å². The number of nitrogens with zero attached hydrogens (tertiary/aromatic N) is 2. The standard InChI is InChI=1S/C14H16FN3O/c1-2-8-18-9-7-16-14(18)17-13(19)10-11-3-5-12(15)6-4-11/h3-7,9H,2,8,10H2,1H3,(H,16,17,19). The summed E-state index contributed by atoms with van der Waals surface area (Å²) in [6.07, 6.45) is 4.66. The van der Waals surface area contributed by atoms with E-state index in [-0.39, 0.29) is 18.1 Å². The molecule has 2 aromatic rings. The molecule has 4 nitrogen and oxygen atoms in total. The van der Waals surface area contributed by atoms with E-state index in [1.165, 1.54) is 12.1 Å². The molecule has 0 saturated heterocycles. The van der Waals surface area contributed by atoms with Gasteiger partial charge in [0.1, 0.15) is 5.82 Å². The lowest BCUT2D eigenvalue weighted by atomic mass is 10.1. The largest absolute Gasteiger partial charge is 0.317 e. The number of hydrogen-bond donors (Lipinski definition) is 1. The van der Waals surface area contributed by atoms with Crippen molar-refractivity contribution in [2.75, 3.05) is 5.32 Å². The molecule has 1 amide bonds. The molecule has 5 heteroatoms. The molecule has 2 rings (SSSR count). The van der Waals surface area contributed by atoms with Crippen LogP contribution >= 0.6 is 0 Å². The van der Waals surface area contributed by atoms with Crippen LogP contribution in [-0.4, -0.2) is 15.5 Å². The zero-order valence-electron chi connectivity index (χ0n) is 10.8. The van der Waals surface area contributed by atoms with Gasteiger partial charge in [-0.15, -0.1) is 0 Å². The van der Waals surface area contributed by atoms with Gasteiger partial charge in [-0.2, -0.15) is 0 Å². The van der Waals surface area contributed by atoms with Crippen LogP contribution < -0.4 is 5.32 Å². The van der Waals surface area contributed by atoms with Crippen LogP contribution in [0.25, 0.3) is 0 Å². The lowest BCUT2D eigenvalue weighted by molar-refractivity contribution is -0.115. The van der Waals surface area contributed by atoms with Gasteiger partial charge in [-0.3, -0.25) is 10.1 Å². The highest BCUT2D eigenvalue weighted by molar-refractivity contribution is 5.90. The van der Waals surface area contributed by atoms with Crippen molar-refractivity contribution in [2.24, 2.45) is 0 Å². The second kappa shape index (κ2) is 6.13. The first-order valence-electron chi connectivity index (χ1n) is 6.24. The maximum atomic E-state index is 12.8. The van der Waals surface area contributed by atoms with Gasteiger partial charge < -0.3 is 4.57 Å². The number of aryl methyl sites for hydroxylation is 1. The molecule has 0 fully saturated rings. The van der Waals surface area contributed by atoms with Gasteiger partial charge in [0, 0.05) is 18.9 Å². The number of hydrogen-bond acceptors (Lipinski definition) is 2. The van der Waals surface area contributed by atoms with E-state index in [0.717, 1.165) is 18.5 Å². The molecule has 1 N–H and O–H groups in total. The molecule has 0 aliphatic rings. The molecule has 0 radical (unpaired) electrons. The monoisotopic (exact) mass is 261 g/mol. The Kier molecular flexibility index (Phi) is 4.28. The van der Waals surface area contributed by atoms with E-state index in [4.69, 9.17) is 0 Å². The second-order valence-electron chi connectivity index (χ2n) is 4.30. The van der Waals surface area contributed by atoms with Crippen LogP contribution in [0.5, 0.6) is 0 Å². The van der Waals surface area contributed by atoms with Crippen molar-refractivity contribution in [1.82, 2.24) is 9.55 Å². The van der Waals surface area contributed by atoms with Crippen LogP contribution in [0, 0.1) is 5.82 Å². The molecule has 0 aliphatic carbocycles. The SMILES string of the molecule is CCCn1ccnc1NC(=O)Cc1ccc(F)cc1. The summed E-state index contributed by atoms with van der Waals surface area (Å²) < 4.78 is 14.6. The first-order valence-corrected chi connectivity index (χ1v) is 6.24. The summed E-state index contributed by atoms with van der Waals surface area (Å²) in [5.41, 5.74) is 0.771. The van der Waals surface area contributed by atoms with Gasteiger partial charge in [-0.25, -0.2) is 9.37 Å². The average Bonchev–Trinajstić information content (AvgIpc) is 2.80. The Morgan fingerprint density at radius 2 is 2.11 bits per heavy atom. The highest BCUT2D eigenvalue weighted by atomic mass is 19.1. The third-order valence-corrected chi connectivity index (χ3v) is 2.71. The first kappa shape index (κ1) is 13.3. The number of halogens is 1. The Bertz CT molecular complexity index is 548. The number of imidazole rings is 1. The zero-order valence-corrected chi connectivity index (χ0v) is 10.8. The molecule has 0 saturated carbocycles. The fourth-order valence-corrected chi connectivity index (χ4v) is 1.81. The van der Waals surface area contributed by atoms with Crippen molar-refractivity contribution in [2.45, 2.75) is 26.3 Å². The van der Waals surface area contributed by atoms with E-state index in [0.29, 0.717) is 5.95 Å². The number of anilines is 1. The minimum atomic E-state index is -0.303. The van der Waals surface area contributed by atoms with E-state index < -0.39 is 0 Å². The molecular weight excluding hydrogens is 245 g/mol. The zero-order chi connectivity index (χ0) is 13.7. The number of nitrogens with one attached hydrogen (secondary N) is 1. The fourth-order valence-electron chi connectivity index (χ4n) is 1.81. The molecule has 0 atom stereocenters.